The van der Waals surface area contributed by atoms with Crippen LogP contribution < -0.4 is 15.4 Å². The van der Waals surface area contributed by atoms with Crippen molar-refractivity contribution in [2.75, 3.05) is 5.32 Å². The van der Waals surface area contributed by atoms with Crippen LogP contribution in [0.5, 0.6) is 5.75 Å². The fourth-order valence-corrected chi connectivity index (χ4v) is 3.75. The van der Waals surface area contributed by atoms with Crippen molar-refractivity contribution in [3.8, 4) is 5.75 Å². The first kappa shape index (κ1) is 29.1. The van der Waals surface area contributed by atoms with E-state index in [4.69, 9.17) is 0 Å². The number of carbonyl (C=O) groups excluding carboxylic acids is 2. The summed E-state index contributed by atoms with van der Waals surface area (Å²) in [5.41, 5.74) is 1.57. The first-order valence-corrected chi connectivity index (χ1v) is 12.7. The number of anilines is 1. The minimum Gasteiger partial charge on any atom is -0.433 e. The van der Waals surface area contributed by atoms with Crippen molar-refractivity contribution >= 4 is 17.6 Å². The van der Waals surface area contributed by atoms with Gasteiger partial charge in [0, 0.05) is 38.0 Å². The minimum absolute atomic E-state index is 0.0178. The Kier molecular flexibility index (Phi) is 9.55. The van der Waals surface area contributed by atoms with Gasteiger partial charge in [-0.15, -0.1) is 10.2 Å². The van der Waals surface area contributed by atoms with E-state index in [9.17, 15) is 22.8 Å². The predicted molar refractivity (Wildman–Crippen MR) is 140 cm³/mol. The third kappa shape index (κ3) is 9.37. The lowest BCUT2D eigenvalue weighted by Gasteiger charge is -2.14. The molecule has 0 fully saturated rings. The Morgan fingerprint density at radius 1 is 1.07 bits per heavy atom. The molecule has 2 N–H and O–H groups in total. The van der Waals surface area contributed by atoms with Gasteiger partial charge in [0.2, 0.25) is 5.91 Å². The summed E-state index contributed by atoms with van der Waals surface area (Å²) in [4.78, 5) is 28.5. The molecule has 11 nitrogen and oxygen atoms in total. The van der Waals surface area contributed by atoms with Crippen LogP contribution in [0.25, 0.3) is 0 Å². The summed E-state index contributed by atoms with van der Waals surface area (Å²) in [5.74, 6) is -1.34. The van der Waals surface area contributed by atoms with Crippen molar-refractivity contribution < 1.29 is 27.5 Å². The van der Waals surface area contributed by atoms with E-state index in [-0.39, 0.29) is 35.9 Å². The van der Waals surface area contributed by atoms with Gasteiger partial charge in [-0.05, 0) is 61.2 Å². The molecule has 4 aromatic rings. The number of carbonyl (C=O) groups is 2. The van der Waals surface area contributed by atoms with Crippen LogP contribution in [-0.2, 0) is 30.7 Å². The zero-order valence-corrected chi connectivity index (χ0v) is 22.1. The largest absolute Gasteiger partial charge is 0.433 e. The van der Waals surface area contributed by atoms with Crippen LogP contribution in [0.1, 0.15) is 47.1 Å². The number of hydrogen-bond donors (Lipinski definition) is 2. The molecule has 14 heteroatoms. The number of aryl methyl sites for hydroxylation is 2. The highest BCUT2D eigenvalue weighted by atomic mass is 19.3. The molecule has 4 rings (SSSR count). The van der Waals surface area contributed by atoms with Gasteiger partial charge in [-0.3, -0.25) is 19.3 Å². The molecule has 0 saturated heterocycles. The number of hydrogen-bond acceptors (Lipinski definition) is 8. The molecule has 214 valence electrons. The molecule has 0 spiro atoms. The first-order valence-electron chi connectivity index (χ1n) is 12.7. The van der Waals surface area contributed by atoms with E-state index in [1.807, 2.05) is 6.07 Å². The van der Waals surface area contributed by atoms with E-state index in [1.165, 1.54) is 10.9 Å². The summed E-state index contributed by atoms with van der Waals surface area (Å²) in [7, 11) is 0. The van der Waals surface area contributed by atoms with E-state index >= 15 is 0 Å². The number of aromatic nitrogens is 6. The van der Waals surface area contributed by atoms with E-state index in [1.54, 1.807) is 30.6 Å². The average molecular weight is 569 g/mol. The maximum absolute atomic E-state index is 14.0. The number of unbranched alkanes of at least 4 members (excludes halogenated alkanes) is 1. The fourth-order valence-electron chi connectivity index (χ4n) is 3.75. The lowest BCUT2D eigenvalue weighted by Crippen LogP contribution is -2.24. The lowest BCUT2D eigenvalue weighted by molar-refractivity contribution is -0.159. The summed E-state index contributed by atoms with van der Waals surface area (Å²) in [6.45, 7) is 0.815. The monoisotopic (exact) mass is 568 g/mol. The number of amides is 2. The van der Waals surface area contributed by atoms with E-state index in [0.717, 1.165) is 42.3 Å². The van der Waals surface area contributed by atoms with Gasteiger partial charge in [0.25, 0.3) is 5.91 Å². The number of nitrogens with zero attached hydrogens (tertiary/aromatic N) is 6. The molecule has 0 radical (unpaired) electrons. The fraction of sp³-hybridized carbons (Fsp3) is 0.296. The maximum Gasteiger partial charge on any atom is 0.394 e. The molecule has 3 aromatic heterocycles. The smallest absolute Gasteiger partial charge is 0.394 e. The molecular weight excluding hydrogens is 541 g/mol. The Morgan fingerprint density at radius 2 is 1.93 bits per heavy atom. The number of pyridine rings is 1. The summed E-state index contributed by atoms with van der Waals surface area (Å²) in [6.07, 6.45) is 3.63. The van der Waals surface area contributed by atoms with Crippen LogP contribution in [-0.4, -0.2) is 48.1 Å². The number of ether oxygens (including phenoxy) is 1. The average Bonchev–Trinajstić information content (AvgIpc) is 3.41. The Morgan fingerprint density at radius 3 is 2.66 bits per heavy atom. The Balaban J connectivity index is 1.17. The number of nitrogens with one attached hydrogen (secondary N) is 2. The number of alkyl halides is 2. The van der Waals surface area contributed by atoms with Crippen LogP contribution in [0.15, 0.2) is 61.1 Å². The Bertz CT molecular complexity index is 1460. The molecule has 1 aromatic carbocycles. The Hall–Kier alpha value is -4.88. The first-order chi connectivity index (χ1) is 19.6. The third-order valence-electron chi connectivity index (χ3n) is 5.67. The van der Waals surface area contributed by atoms with Gasteiger partial charge in [-0.25, -0.2) is 4.39 Å². The second-order valence-corrected chi connectivity index (χ2v) is 9.17. The molecule has 3 heterocycles. The molecule has 41 heavy (non-hydrogen) atoms. The molecule has 0 aliphatic rings. The second-order valence-electron chi connectivity index (χ2n) is 9.17. The minimum atomic E-state index is -3.42. The van der Waals surface area contributed by atoms with E-state index < -0.39 is 17.8 Å². The normalized spacial score (nSPS) is 11.2. The SMILES string of the molecule is CC(F)(F)Oc1ccc(F)c(CNC(=O)c2cn(CCCCc3ccc(NC(=O)Cc4cccnc4)nn3)nn2)c1. The van der Waals surface area contributed by atoms with E-state index in [0.29, 0.717) is 25.7 Å². The van der Waals surface area contributed by atoms with Gasteiger partial charge < -0.3 is 15.4 Å². The summed E-state index contributed by atoms with van der Waals surface area (Å²) >= 11 is 0. The summed E-state index contributed by atoms with van der Waals surface area (Å²) in [6, 6.07) is 10.2. The summed E-state index contributed by atoms with van der Waals surface area (Å²) < 4.78 is 46.1. The van der Waals surface area contributed by atoms with Crippen molar-refractivity contribution in [1.29, 1.82) is 0 Å². The molecule has 0 atom stereocenters. The lowest BCUT2D eigenvalue weighted by atomic mass is 10.2. The summed E-state index contributed by atoms with van der Waals surface area (Å²) in [5, 5.41) is 21.2. The van der Waals surface area contributed by atoms with Gasteiger partial charge in [0.15, 0.2) is 11.5 Å². The van der Waals surface area contributed by atoms with Crippen molar-refractivity contribution in [3.05, 3.63) is 89.4 Å². The standard InChI is InChI=1S/C27H27F3N8O3/c1-27(29,30)41-21-8-9-22(28)19(14-21)16-32-26(40)23-17-38(37-35-23)12-3-2-6-20-7-10-24(36-34-20)33-25(39)13-18-5-4-11-31-15-18/h4-5,7-11,14-15,17H,2-3,6,12-13,16H2,1H3,(H,32,40)(H,33,36,39). The van der Waals surface area contributed by atoms with Crippen LogP contribution in [0.2, 0.25) is 0 Å². The van der Waals surface area contributed by atoms with Crippen LogP contribution in [0, 0.1) is 5.82 Å². The number of rotatable bonds is 13. The maximum atomic E-state index is 14.0. The topological polar surface area (TPSA) is 137 Å². The molecule has 0 bridgehead atoms. The molecule has 0 unspecified atom stereocenters. The number of benzene rings is 1. The van der Waals surface area contributed by atoms with Gasteiger partial charge in [-0.2, -0.15) is 13.9 Å². The predicted octanol–water partition coefficient (Wildman–Crippen LogP) is 3.73. The van der Waals surface area contributed by atoms with Crippen molar-refractivity contribution in [1.82, 2.24) is 35.5 Å². The van der Waals surface area contributed by atoms with Crippen molar-refractivity contribution in [3.63, 3.8) is 0 Å². The molecule has 0 aliphatic carbocycles. The highest BCUT2D eigenvalue weighted by Crippen LogP contribution is 2.23. The highest BCUT2D eigenvalue weighted by Gasteiger charge is 2.23. The molecular formula is C27H27F3N8O3. The number of halogens is 3. The van der Waals surface area contributed by atoms with Crippen LogP contribution in [0.3, 0.4) is 0 Å². The van der Waals surface area contributed by atoms with E-state index in [2.05, 4.69) is 40.9 Å². The van der Waals surface area contributed by atoms with Crippen LogP contribution >= 0.6 is 0 Å². The van der Waals surface area contributed by atoms with Gasteiger partial charge >= 0.3 is 6.11 Å². The van der Waals surface area contributed by atoms with Crippen LogP contribution in [0.4, 0.5) is 19.0 Å². The zero-order chi connectivity index (χ0) is 29.2. The molecule has 0 saturated carbocycles. The van der Waals surface area contributed by atoms with Crippen molar-refractivity contribution in [2.45, 2.75) is 51.8 Å². The quantitative estimate of drug-likeness (QED) is 0.233. The van der Waals surface area contributed by atoms with Gasteiger partial charge in [0.1, 0.15) is 11.6 Å². The van der Waals surface area contributed by atoms with Crippen molar-refractivity contribution in [2.24, 2.45) is 0 Å². The third-order valence-corrected chi connectivity index (χ3v) is 5.67. The Labute approximate surface area is 233 Å². The molecule has 2 amide bonds. The van der Waals surface area contributed by atoms with Gasteiger partial charge in [0.05, 0.1) is 18.3 Å². The zero-order valence-electron chi connectivity index (χ0n) is 22.1. The molecule has 0 aliphatic heterocycles. The highest BCUT2D eigenvalue weighted by molar-refractivity contribution is 5.92. The van der Waals surface area contributed by atoms with Gasteiger partial charge in [-0.1, -0.05) is 11.3 Å². The second kappa shape index (κ2) is 13.5.